The van der Waals surface area contributed by atoms with Crippen molar-refractivity contribution in [3.05, 3.63) is 76.3 Å². The smallest absolute Gasteiger partial charge is 0.249 e. The number of pyridine rings is 2. The topological polar surface area (TPSA) is 61.5 Å². The Labute approximate surface area is 198 Å². The first kappa shape index (κ1) is 22.3. The number of benzene rings is 2. The van der Waals surface area contributed by atoms with Crippen LogP contribution in [-0.4, -0.2) is 54.2 Å². The van der Waals surface area contributed by atoms with Gasteiger partial charge in [-0.3, -0.25) is 9.69 Å². The van der Waals surface area contributed by atoms with Gasteiger partial charge in [0.1, 0.15) is 11.5 Å². The highest BCUT2D eigenvalue weighted by atomic mass is 19.1. The van der Waals surface area contributed by atoms with Crippen LogP contribution in [0.2, 0.25) is 0 Å². The number of hydrogen-bond acceptors (Lipinski definition) is 5. The summed E-state index contributed by atoms with van der Waals surface area (Å²) in [6, 6.07) is 16.4. The standard InChI is InChI=1S/C27H29FN4O2/c1-19-17-26(30-27-22(19)9-10-25(33)29-27)34-16-3-2-11-31-12-14-32(15-13-31)24-6-4-5-20-7-8-21(28)18-23(20)24/h4-10,17-18H,2-3,11-16H2,1H3,(H,29,30,33). The maximum Gasteiger partial charge on any atom is 0.249 e. The van der Waals surface area contributed by atoms with Gasteiger partial charge in [-0.2, -0.15) is 4.98 Å². The van der Waals surface area contributed by atoms with Crippen LogP contribution in [0, 0.1) is 12.7 Å². The van der Waals surface area contributed by atoms with Crippen molar-refractivity contribution >= 4 is 27.5 Å². The molecule has 176 valence electrons. The van der Waals surface area contributed by atoms with Crippen LogP contribution >= 0.6 is 0 Å². The van der Waals surface area contributed by atoms with Crippen molar-refractivity contribution in [3.8, 4) is 5.88 Å². The molecule has 1 saturated heterocycles. The average molecular weight is 461 g/mol. The van der Waals surface area contributed by atoms with Crippen LogP contribution in [0.4, 0.5) is 10.1 Å². The summed E-state index contributed by atoms with van der Waals surface area (Å²) in [7, 11) is 0. The number of hydrogen-bond donors (Lipinski definition) is 1. The molecule has 0 radical (unpaired) electrons. The largest absolute Gasteiger partial charge is 0.478 e. The third-order valence-electron chi connectivity index (χ3n) is 6.54. The Bertz CT molecular complexity index is 1360. The lowest BCUT2D eigenvalue weighted by Gasteiger charge is -2.36. The number of aromatic nitrogens is 2. The van der Waals surface area contributed by atoms with E-state index in [1.807, 2.05) is 31.2 Å². The molecule has 5 rings (SSSR count). The fourth-order valence-electron chi connectivity index (χ4n) is 4.68. The Morgan fingerprint density at radius 3 is 2.71 bits per heavy atom. The number of unbranched alkanes of at least 4 members (excludes halogenated alkanes) is 1. The molecular formula is C27H29FN4O2. The predicted octanol–water partition coefficient (Wildman–Crippen LogP) is 4.51. The van der Waals surface area contributed by atoms with E-state index in [9.17, 15) is 9.18 Å². The molecule has 2 aromatic carbocycles. The third-order valence-corrected chi connectivity index (χ3v) is 6.54. The molecule has 0 bridgehead atoms. The van der Waals surface area contributed by atoms with Crippen LogP contribution in [-0.2, 0) is 0 Å². The van der Waals surface area contributed by atoms with E-state index >= 15 is 0 Å². The lowest BCUT2D eigenvalue weighted by molar-refractivity contribution is 0.237. The molecule has 7 heteroatoms. The predicted molar refractivity (Wildman–Crippen MR) is 134 cm³/mol. The van der Waals surface area contributed by atoms with Gasteiger partial charge in [-0.15, -0.1) is 0 Å². The van der Waals surface area contributed by atoms with E-state index in [2.05, 4.69) is 25.8 Å². The normalized spacial score (nSPS) is 14.7. The second-order valence-electron chi connectivity index (χ2n) is 8.89. The van der Waals surface area contributed by atoms with E-state index in [0.29, 0.717) is 18.1 Å². The number of halogens is 1. The molecule has 2 aromatic heterocycles. The summed E-state index contributed by atoms with van der Waals surface area (Å²) in [6.45, 7) is 7.46. The van der Waals surface area contributed by atoms with E-state index in [1.165, 1.54) is 12.1 Å². The van der Waals surface area contributed by atoms with Crippen molar-refractivity contribution in [2.45, 2.75) is 19.8 Å². The van der Waals surface area contributed by atoms with Gasteiger partial charge in [0.05, 0.1) is 6.61 Å². The molecule has 4 aromatic rings. The third kappa shape index (κ3) is 4.89. The van der Waals surface area contributed by atoms with Crippen LogP contribution < -0.4 is 15.2 Å². The van der Waals surface area contributed by atoms with Crippen molar-refractivity contribution in [2.75, 3.05) is 44.2 Å². The number of aryl methyl sites for hydroxylation is 1. The summed E-state index contributed by atoms with van der Waals surface area (Å²) < 4.78 is 19.7. The number of ether oxygens (including phenoxy) is 1. The zero-order chi connectivity index (χ0) is 23.5. The molecule has 3 heterocycles. The maximum absolute atomic E-state index is 13.8. The second-order valence-corrected chi connectivity index (χ2v) is 8.89. The van der Waals surface area contributed by atoms with Crippen molar-refractivity contribution in [1.82, 2.24) is 14.9 Å². The van der Waals surface area contributed by atoms with E-state index < -0.39 is 0 Å². The number of nitrogens with one attached hydrogen (secondary N) is 1. The Balaban J connectivity index is 1.09. The molecule has 0 aliphatic carbocycles. The number of fused-ring (bicyclic) bond motifs is 2. The van der Waals surface area contributed by atoms with Gasteiger partial charge in [0, 0.05) is 54.8 Å². The molecule has 0 unspecified atom stereocenters. The number of anilines is 1. The van der Waals surface area contributed by atoms with E-state index in [1.54, 1.807) is 12.1 Å². The fraction of sp³-hybridized carbons (Fsp3) is 0.333. The van der Waals surface area contributed by atoms with E-state index in [0.717, 1.165) is 73.0 Å². The van der Waals surface area contributed by atoms with Gasteiger partial charge in [-0.1, -0.05) is 18.2 Å². The molecule has 0 amide bonds. The first-order chi connectivity index (χ1) is 16.6. The molecule has 1 N–H and O–H groups in total. The Morgan fingerprint density at radius 2 is 1.85 bits per heavy atom. The van der Waals surface area contributed by atoms with Gasteiger partial charge in [0.2, 0.25) is 11.4 Å². The summed E-state index contributed by atoms with van der Waals surface area (Å²) in [4.78, 5) is 23.6. The molecule has 0 atom stereocenters. The van der Waals surface area contributed by atoms with Crippen molar-refractivity contribution in [2.24, 2.45) is 0 Å². The molecule has 34 heavy (non-hydrogen) atoms. The first-order valence-corrected chi connectivity index (χ1v) is 11.9. The minimum atomic E-state index is -0.192. The van der Waals surface area contributed by atoms with Crippen LogP contribution in [0.1, 0.15) is 18.4 Å². The highest BCUT2D eigenvalue weighted by Gasteiger charge is 2.18. The quantitative estimate of drug-likeness (QED) is 0.412. The van der Waals surface area contributed by atoms with Gasteiger partial charge in [-0.25, -0.2) is 4.39 Å². The minimum Gasteiger partial charge on any atom is -0.478 e. The fourth-order valence-corrected chi connectivity index (χ4v) is 4.68. The molecule has 1 aliphatic rings. The summed E-state index contributed by atoms with van der Waals surface area (Å²) in [5.41, 5.74) is 2.55. The number of H-pyrrole nitrogens is 1. The number of rotatable bonds is 7. The van der Waals surface area contributed by atoms with Crippen LogP contribution in [0.3, 0.4) is 0 Å². The molecule has 1 fully saturated rings. The monoisotopic (exact) mass is 460 g/mol. The number of nitrogens with zero attached hydrogens (tertiary/aromatic N) is 3. The Kier molecular flexibility index (Phi) is 6.45. The first-order valence-electron chi connectivity index (χ1n) is 11.9. The van der Waals surface area contributed by atoms with Crippen LogP contribution in [0.25, 0.3) is 21.8 Å². The summed E-state index contributed by atoms with van der Waals surface area (Å²) in [6.07, 6.45) is 1.98. The maximum atomic E-state index is 13.8. The van der Waals surface area contributed by atoms with E-state index in [4.69, 9.17) is 4.74 Å². The minimum absolute atomic E-state index is 0.163. The van der Waals surface area contributed by atoms with Gasteiger partial charge in [0.15, 0.2) is 0 Å². The molecule has 0 spiro atoms. The number of aromatic amines is 1. The summed E-state index contributed by atoms with van der Waals surface area (Å²) in [5, 5.41) is 2.98. The van der Waals surface area contributed by atoms with Gasteiger partial charge in [-0.05, 0) is 61.5 Å². The van der Waals surface area contributed by atoms with Crippen LogP contribution in [0.15, 0.2) is 59.4 Å². The number of piperazine rings is 1. The SMILES string of the molecule is Cc1cc(OCCCCN2CCN(c3cccc4ccc(F)cc34)CC2)nc2[nH]c(=O)ccc12. The Morgan fingerprint density at radius 1 is 1.00 bits per heavy atom. The van der Waals surface area contributed by atoms with Crippen molar-refractivity contribution in [3.63, 3.8) is 0 Å². The zero-order valence-corrected chi connectivity index (χ0v) is 19.4. The van der Waals surface area contributed by atoms with E-state index in [-0.39, 0.29) is 11.4 Å². The molecule has 1 aliphatic heterocycles. The van der Waals surface area contributed by atoms with Gasteiger partial charge < -0.3 is 14.6 Å². The van der Waals surface area contributed by atoms with Gasteiger partial charge >= 0.3 is 0 Å². The molecule has 0 saturated carbocycles. The molecular weight excluding hydrogens is 431 g/mol. The lowest BCUT2D eigenvalue weighted by atomic mass is 10.1. The lowest BCUT2D eigenvalue weighted by Crippen LogP contribution is -2.46. The Hall–Kier alpha value is -3.45. The summed E-state index contributed by atoms with van der Waals surface area (Å²) in [5.74, 6) is 0.357. The van der Waals surface area contributed by atoms with Crippen LogP contribution in [0.5, 0.6) is 5.88 Å². The van der Waals surface area contributed by atoms with Crippen molar-refractivity contribution < 1.29 is 9.13 Å². The average Bonchev–Trinajstić information content (AvgIpc) is 2.83. The summed E-state index contributed by atoms with van der Waals surface area (Å²) >= 11 is 0. The highest BCUT2D eigenvalue weighted by molar-refractivity contribution is 5.94. The van der Waals surface area contributed by atoms with Gasteiger partial charge in [0.25, 0.3) is 0 Å². The second kappa shape index (κ2) is 9.81. The highest BCUT2D eigenvalue weighted by Crippen LogP contribution is 2.28. The molecule has 6 nitrogen and oxygen atoms in total. The van der Waals surface area contributed by atoms with Crippen molar-refractivity contribution in [1.29, 1.82) is 0 Å². The zero-order valence-electron chi connectivity index (χ0n) is 19.4.